The molecule has 2 unspecified atom stereocenters. The zero-order chi connectivity index (χ0) is 11.4. The summed E-state index contributed by atoms with van der Waals surface area (Å²) in [6.45, 7) is 1.83. The van der Waals surface area contributed by atoms with Crippen LogP contribution in [0.5, 0.6) is 0 Å². The van der Waals surface area contributed by atoms with Gasteiger partial charge >= 0.3 is 0 Å². The fraction of sp³-hybridized carbons (Fsp3) is 0.364. The van der Waals surface area contributed by atoms with Crippen molar-refractivity contribution in [2.24, 2.45) is 0 Å². The Hall–Kier alpha value is -0.710. The second-order valence-corrected chi connectivity index (χ2v) is 4.05. The van der Waals surface area contributed by atoms with E-state index >= 15 is 0 Å². The molecule has 0 radical (unpaired) electrons. The van der Waals surface area contributed by atoms with Crippen molar-refractivity contribution in [1.29, 1.82) is 0 Å². The average Bonchev–Trinajstić information content (AvgIpc) is 2.27. The molecular formula is C11H13BrO3. The van der Waals surface area contributed by atoms with Gasteiger partial charge in [-0.15, -0.1) is 0 Å². The molecule has 82 valence electrons. The second kappa shape index (κ2) is 5.39. The Balaban J connectivity index is 3.06. The number of hydrogen-bond donors (Lipinski definition) is 2. The van der Waals surface area contributed by atoms with Gasteiger partial charge in [-0.25, -0.2) is 0 Å². The Kier molecular flexibility index (Phi) is 4.45. The van der Waals surface area contributed by atoms with Gasteiger partial charge in [-0.05, 0) is 24.1 Å². The topological polar surface area (TPSA) is 57.5 Å². The quantitative estimate of drug-likeness (QED) is 0.647. The van der Waals surface area contributed by atoms with Crippen molar-refractivity contribution in [2.45, 2.75) is 19.1 Å². The Morgan fingerprint density at radius 1 is 1.47 bits per heavy atom. The summed E-state index contributed by atoms with van der Waals surface area (Å²) >= 11 is 3.09. The van der Waals surface area contributed by atoms with Crippen LogP contribution in [-0.2, 0) is 0 Å². The van der Waals surface area contributed by atoms with E-state index in [0.29, 0.717) is 16.5 Å². The van der Waals surface area contributed by atoms with E-state index in [0.717, 1.165) is 11.8 Å². The monoisotopic (exact) mass is 272 g/mol. The van der Waals surface area contributed by atoms with E-state index in [1.165, 1.54) is 0 Å². The number of rotatable bonds is 4. The lowest BCUT2D eigenvalue weighted by Gasteiger charge is -2.18. The third-order valence-electron chi connectivity index (χ3n) is 2.28. The van der Waals surface area contributed by atoms with E-state index < -0.39 is 12.2 Å². The highest BCUT2D eigenvalue weighted by Gasteiger charge is 2.19. The van der Waals surface area contributed by atoms with Crippen molar-refractivity contribution in [3.63, 3.8) is 0 Å². The zero-order valence-electron chi connectivity index (χ0n) is 8.35. The van der Waals surface area contributed by atoms with Crippen LogP contribution in [0.3, 0.4) is 0 Å². The molecule has 0 aliphatic heterocycles. The molecule has 0 bridgehead atoms. The number of alkyl halides is 1. The third-order valence-corrected chi connectivity index (χ3v) is 2.94. The van der Waals surface area contributed by atoms with Crippen molar-refractivity contribution in [1.82, 2.24) is 0 Å². The minimum absolute atomic E-state index is 0.291. The highest BCUT2D eigenvalue weighted by Crippen LogP contribution is 2.22. The fourth-order valence-corrected chi connectivity index (χ4v) is 1.70. The summed E-state index contributed by atoms with van der Waals surface area (Å²) in [6, 6.07) is 5.03. The lowest BCUT2D eigenvalue weighted by molar-refractivity contribution is 0.0338. The van der Waals surface area contributed by atoms with Crippen molar-refractivity contribution < 1.29 is 15.0 Å². The molecule has 1 aromatic rings. The van der Waals surface area contributed by atoms with E-state index in [4.69, 9.17) is 0 Å². The van der Waals surface area contributed by atoms with Crippen LogP contribution in [0.15, 0.2) is 18.2 Å². The van der Waals surface area contributed by atoms with Gasteiger partial charge in [0.2, 0.25) is 0 Å². The molecule has 2 N–H and O–H groups in total. The van der Waals surface area contributed by atoms with E-state index in [2.05, 4.69) is 15.9 Å². The average molecular weight is 273 g/mol. The van der Waals surface area contributed by atoms with Crippen LogP contribution < -0.4 is 0 Å². The Bertz CT molecular complexity index is 352. The number of aryl methyl sites for hydroxylation is 1. The lowest BCUT2D eigenvalue weighted by Crippen LogP contribution is -2.20. The van der Waals surface area contributed by atoms with E-state index in [1.54, 1.807) is 18.2 Å². The van der Waals surface area contributed by atoms with Crippen molar-refractivity contribution in [3.8, 4) is 0 Å². The third kappa shape index (κ3) is 2.87. The van der Waals surface area contributed by atoms with E-state index in [9.17, 15) is 15.0 Å². The van der Waals surface area contributed by atoms with Gasteiger partial charge in [0.05, 0.1) is 6.10 Å². The van der Waals surface area contributed by atoms with Crippen LogP contribution in [-0.4, -0.2) is 27.9 Å². The predicted octanol–water partition coefficient (Wildman–Crippen LogP) is 1.60. The van der Waals surface area contributed by atoms with Crippen LogP contribution in [0.2, 0.25) is 0 Å². The fourth-order valence-electron chi connectivity index (χ4n) is 1.34. The number of carbonyl (C=O) groups is 1. The van der Waals surface area contributed by atoms with Gasteiger partial charge in [-0.3, -0.25) is 4.79 Å². The van der Waals surface area contributed by atoms with E-state index in [1.807, 2.05) is 6.92 Å². The minimum Gasteiger partial charge on any atom is -0.389 e. The SMILES string of the molecule is Cc1ccc(C=O)cc1C(O)C(O)CBr. The van der Waals surface area contributed by atoms with Crippen molar-refractivity contribution in [3.05, 3.63) is 34.9 Å². The van der Waals surface area contributed by atoms with Gasteiger partial charge in [0.25, 0.3) is 0 Å². The first-order valence-corrected chi connectivity index (χ1v) is 5.70. The number of benzene rings is 1. The highest BCUT2D eigenvalue weighted by atomic mass is 79.9. The first kappa shape index (κ1) is 12.4. The molecule has 2 atom stereocenters. The molecular weight excluding hydrogens is 260 g/mol. The summed E-state index contributed by atoms with van der Waals surface area (Å²) in [5.41, 5.74) is 1.94. The maximum atomic E-state index is 10.6. The molecule has 15 heavy (non-hydrogen) atoms. The molecule has 0 saturated heterocycles. The molecule has 0 aromatic heterocycles. The summed E-state index contributed by atoms with van der Waals surface area (Å²) in [5, 5.41) is 19.6. The van der Waals surface area contributed by atoms with Gasteiger partial charge in [0, 0.05) is 10.9 Å². The van der Waals surface area contributed by atoms with Gasteiger partial charge in [0.1, 0.15) is 12.4 Å². The largest absolute Gasteiger partial charge is 0.389 e. The summed E-state index contributed by atoms with van der Waals surface area (Å²) < 4.78 is 0. The number of aldehydes is 1. The normalized spacial score (nSPS) is 14.7. The van der Waals surface area contributed by atoms with Crippen LogP contribution in [0.1, 0.15) is 27.6 Å². The lowest BCUT2D eigenvalue weighted by atomic mass is 9.98. The number of aliphatic hydroxyl groups excluding tert-OH is 2. The van der Waals surface area contributed by atoms with Gasteiger partial charge in [-0.2, -0.15) is 0 Å². The number of hydrogen-bond acceptors (Lipinski definition) is 3. The first-order chi connectivity index (χ1) is 7.10. The molecule has 0 spiro atoms. The predicted molar refractivity (Wildman–Crippen MR) is 61.3 cm³/mol. The van der Waals surface area contributed by atoms with Crippen LogP contribution in [0.25, 0.3) is 0 Å². The highest BCUT2D eigenvalue weighted by molar-refractivity contribution is 9.09. The van der Waals surface area contributed by atoms with E-state index in [-0.39, 0.29) is 0 Å². The molecule has 0 aliphatic rings. The summed E-state index contributed by atoms with van der Waals surface area (Å²) in [4.78, 5) is 10.6. The summed E-state index contributed by atoms with van der Waals surface area (Å²) in [5.74, 6) is 0. The molecule has 0 heterocycles. The number of aliphatic hydroxyl groups is 2. The zero-order valence-corrected chi connectivity index (χ0v) is 9.94. The molecule has 0 saturated carbocycles. The molecule has 0 aliphatic carbocycles. The number of halogens is 1. The smallest absolute Gasteiger partial charge is 0.150 e. The second-order valence-electron chi connectivity index (χ2n) is 3.40. The molecule has 0 amide bonds. The summed E-state index contributed by atoms with van der Waals surface area (Å²) in [6.07, 6.45) is -1.12. The molecule has 4 heteroatoms. The standard InChI is InChI=1S/C11H13BrO3/c1-7-2-3-8(6-13)4-9(7)11(15)10(14)5-12/h2-4,6,10-11,14-15H,5H2,1H3. The van der Waals surface area contributed by atoms with Crippen LogP contribution in [0.4, 0.5) is 0 Å². The van der Waals surface area contributed by atoms with Gasteiger partial charge < -0.3 is 10.2 Å². The Labute approximate surface area is 96.9 Å². The molecule has 0 fully saturated rings. The maximum Gasteiger partial charge on any atom is 0.150 e. The molecule has 3 nitrogen and oxygen atoms in total. The Morgan fingerprint density at radius 3 is 2.67 bits per heavy atom. The van der Waals surface area contributed by atoms with Gasteiger partial charge in [-0.1, -0.05) is 28.1 Å². The molecule has 1 rings (SSSR count). The molecule has 1 aromatic carbocycles. The van der Waals surface area contributed by atoms with Gasteiger partial charge in [0.15, 0.2) is 0 Å². The first-order valence-electron chi connectivity index (χ1n) is 4.58. The summed E-state index contributed by atoms with van der Waals surface area (Å²) in [7, 11) is 0. The van der Waals surface area contributed by atoms with Crippen molar-refractivity contribution >= 4 is 22.2 Å². The minimum atomic E-state index is -0.968. The Morgan fingerprint density at radius 2 is 2.13 bits per heavy atom. The van der Waals surface area contributed by atoms with Crippen LogP contribution in [0, 0.1) is 6.92 Å². The van der Waals surface area contributed by atoms with Crippen LogP contribution >= 0.6 is 15.9 Å². The number of carbonyl (C=O) groups excluding carboxylic acids is 1. The maximum absolute atomic E-state index is 10.6. The van der Waals surface area contributed by atoms with Crippen molar-refractivity contribution in [2.75, 3.05) is 5.33 Å².